The van der Waals surface area contributed by atoms with E-state index in [-0.39, 0.29) is 0 Å². The van der Waals surface area contributed by atoms with Crippen LogP contribution >= 0.6 is 0 Å². The molecule has 2 aliphatic heterocycles. The standard InChI is InChI=1S/C23H32N6O/c1-24-23(29-11-9-28(10-12-29)22-7-2-3-8-25-22)26-18-20-5-4-6-21(17-20)19-27-13-15-30-16-14-27/h2-8,17H,9-16,18-19H2,1H3,(H,24,26). The lowest BCUT2D eigenvalue weighted by Crippen LogP contribution is -2.52. The molecule has 0 unspecified atom stereocenters. The minimum Gasteiger partial charge on any atom is -0.379 e. The number of piperazine rings is 1. The number of benzene rings is 1. The molecule has 7 heteroatoms. The summed E-state index contributed by atoms with van der Waals surface area (Å²) >= 11 is 0. The highest BCUT2D eigenvalue weighted by molar-refractivity contribution is 5.80. The summed E-state index contributed by atoms with van der Waals surface area (Å²) in [5.74, 6) is 2.02. The third-order valence-corrected chi connectivity index (χ3v) is 5.72. The van der Waals surface area contributed by atoms with E-state index in [1.54, 1.807) is 0 Å². The van der Waals surface area contributed by atoms with Crippen LogP contribution in [0.2, 0.25) is 0 Å². The highest BCUT2D eigenvalue weighted by atomic mass is 16.5. The van der Waals surface area contributed by atoms with Gasteiger partial charge in [-0.2, -0.15) is 0 Å². The van der Waals surface area contributed by atoms with Crippen molar-refractivity contribution in [1.29, 1.82) is 0 Å². The second kappa shape index (κ2) is 10.4. The lowest BCUT2D eigenvalue weighted by molar-refractivity contribution is 0.0342. The highest BCUT2D eigenvalue weighted by Crippen LogP contribution is 2.13. The van der Waals surface area contributed by atoms with E-state index in [0.29, 0.717) is 0 Å². The number of nitrogens with one attached hydrogen (secondary N) is 1. The van der Waals surface area contributed by atoms with E-state index in [4.69, 9.17) is 4.74 Å². The largest absolute Gasteiger partial charge is 0.379 e. The number of ether oxygens (including phenoxy) is 1. The first-order valence-electron chi connectivity index (χ1n) is 10.8. The molecule has 0 spiro atoms. The smallest absolute Gasteiger partial charge is 0.194 e. The van der Waals surface area contributed by atoms with Crippen LogP contribution in [0.4, 0.5) is 5.82 Å². The Labute approximate surface area is 179 Å². The molecule has 2 aliphatic rings. The zero-order valence-electron chi connectivity index (χ0n) is 17.8. The number of aliphatic imine (C=N–C) groups is 1. The summed E-state index contributed by atoms with van der Waals surface area (Å²) in [5.41, 5.74) is 2.64. The van der Waals surface area contributed by atoms with Crippen molar-refractivity contribution in [2.45, 2.75) is 13.1 Å². The predicted octanol–water partition coefficient (Wildman–Crippen LogP) is 1.81. The number of anilines is 1. The summed E-state index contributed by atoms with van der Waals surface area (Å²) in [6.07, 6.45) is 1.86. The third kappa shape index (κ3) is 5.49. The summed E-state index contributed by atoms with van der Waals surface area (Å²) in [6.45, 7) is 9.25. The predicted molar refractivity (Wildman–Crippen MR) is 121 cm³/mol. The molecule has 160 valence electrons. The van der Waals surface area contributed by atoms with Crippen molar-refractivity contribution in [3.63, 3.8) is 0 Å². The van der Waals surface area contributed by atoms with Crippen LogP contribution in [-0.2, 0) is 17.8 Å². The lowest BCUT2D eigenvalue weighted by Gasteiger charge is -2.37. The fraction of sp³-hybridized carbons (Fsp3) is 0.478. The van der Waals surface area contributed by atoms with Crippen LogP contribution < -0.4 is 10.2 Å². The average molecular weight is 409 g/mol. The van der Waals surface area contributed by atoms with E-state index in [2.05, 4.69) is 60.3 Å². The van der Waals surface area contributed by atoms with Gasteiger partial charge in [0.05, 0.1) is 13.2 Å². The van der Waals surface area contributed by atoms with Gasteiger partial charge < -0.3 is 19.9 Å². The van der Waals surface area contributed by atoms with E-state index in [1.165, 1.54) is 11.1 Å². The molecule has 1 aromatic carbocycles. The van der Waals surface area contributed by atoms with Crippen LogP contribution in [0.1, 0.15) is 11.1 Å². The van der Waals surface area contributed by atoms with Gasteiger partial charge in [0.25, 0.3) is 0 Å². The molecule has 30 heavy (non-hydrogen) atoms. The maximum Gasteiger partial charge on any atom is 0.194 e. The van der Waals surface area contributed by atoms with Gasteiger partial charge >= 0.3 is 0 Å². The molecule has 0 bridgehead atoms. The Balaban J connectivity index is 1.28. The summed E-state index contributed by atoms with van der Waals surface area (Å²) < 4.78 is 5.45. The molecule has 0 atom stereocenters. The maximum absolute atomic E-state index is 5.45. The number of hydrogen-bond donors (Lipinski definition) is 1. The number of hydrogen-bond acceptors (Lipinski definition) is 5. The Morgan fingerprint density at radius 1 is 1.00 bits per heavy atom. The number of pyridine rings is 1. The Hall–Kier alpha value is -2.64. The summed E-state index contributed by atoms with van der Waals surface area (Å²) in [7, 11) is 1.86. The molecule has 0 saturated carbocycles. The second-order valence-electron chi connectivity index (χ2n) is 7.77. The molecule has 4 rings (SSSR count). The zero-order chi connectivity index (χ0) is 20.6. The van der Waals surface area contributed by atoms with Gasteiger partial charge in [-0.25, -0.2) is 4.98 Å². The van der Waals surface area contributed by atoms with Crippen molar-refractivity contribution < 1.29 is 4.74 Å². The zero-order valence-corrected chi connectivity index (χ0v) is 17.8. The van der Waals surface area contributed by atoms with Crippen molar-refractivity contribution in [3.8, 4) is 0 Å². The Morgan fingerprint density at radius 2 is 1.80 bits per heavy atom. The number of rotatable bonds is 5. The third-order valence-electron chi connectivity index (χ3n) is 5.72. The molecule has 1 N–H and O–H groups in total. The molecule has 2 saturated heterocycles. The van der Waals surface area contributed by atoms with Gasteiger partial charge in [0.1, 0.15) is 5.82 Å². The molecule has 1 aromatic heterocycles. The van der Waals surface area contributed by atoms with Crippen LogP contribution in [0.5, 0.6) is 0 Å². The monoisotopic (exact) mass is 408 g/mol. The highest BCUT2D eigenvalue weighted by Gasteiger charge is 2.20. The van der Waals surface area contributed by atoms with Crippen LogP contribution in [0, 0.1) is 0 Å². The Morgan fingerprint density at radius 3 is 2.53 bits per heavy atom. The Bertz CT molecular complexity index is 813. The summed E-state index contributed by atoms with van der Waals surface area (Å²) in [6, 6.07) is 14.9. The van der Waals surface area contributed by atoms with Gasteiger partial charge in [-0.05, 0) is 23.3 Å². The van der Waals surface area contributed by atoms with E-state index >= 15 is 0 Å². The minimum atomic E-state index is 0.782. The first kappa shape index (κ1) is 20.6. The van der Waals surface area contributed by atoms with E-state index in [1.807, 2.05) is 25.4 Å². The normalized spacial score (nSPS) is 18.5. The van der Waals surface area contributed by atoms with Gasteiger partial charge in [0.15, 0.2) is 5.96 Å². The fourth-order valence-corrected chi connectivity index (χ4v) is 4.06. The SMILES string of the molecule is CN=C(NCc1cccc(CN2CCOCC2)c1)N1CCN(c2ccccn2)CC1. The number of nitrogens with zero attached hydrogens (tertiary/aromatic N) is 5. The lowest BCUT2D eigenvalue weighted by atomic mass is 10.1. The topological polar surface area (TPSA) is 56.2 Å². The quantitative estimate of drug-likeness (QED) is 0.602. The van der Waals surface area contributed by atoms with Gasteiger partial charge in [-0.3, -0.25) is 9.89 Å². The summed E-state index contributed by atoms with van der Waals surface area (Å²) in [5, 5.41) is 3.55. The molecule has 0 amide bonds. The maximum atomic E-state index is 5.45. The van der Waals surface area contributed by atoms with Crippen LogP contribution in [0.25, 0.3) is 0 Å². The Kier molecular flexibility index (Phi) is 7.16. The molecule has 0 aliphatic carbocycles. The molecule has 2 aromatic rings. The van der Waals surface area contributed by atoms with Gasteiger partial charge in [-0.1, -0.05) is 30.3 Å². The van der Waals surface area contributed by atoms with E-state index < -0.39 is 0 Å². The molecular formula is C23H32N6O. The first-order chi connectivity index (χ1) is 14.8. The summed E-state index contributed by atoms with van der Waals surface area (Å²) in [4.78, 5) is 16.1. The molecule has 0 radical (unpaired) electrons. The van der Waals surface area contributed by atoms with Crippen molar-refractivity contribution >= 4 is 11.8 Å². The van der Waals surface area contributed by atoms with Crippen molar-refractivity contribution in [1.82, 2.24) is 20.1 Å². The number of aromatic nitrogens is 1. The molecular weight excluding hydrogens is 376 g/mol. The van der Waals surface area contributed by atoms with E-state index in [0.717, 1.165) is 77.3 Å². The fourth-order valence-electron chi connectivity index (χ4n) is 4.06. The molecule has 7 nitrogen and oxygen atoms in total. The van der Waals surface area contributed by atoms with Crippen molar-refractivity contribution in [2.24, 2.45) is 4.99 Å². The van der Waals surface area contributed by atoms with Crippen LogP contribution in [0.3, 0.4) is 0 Å². The van der Waals surface area contributed by atoms with Gasteiger partial charge in [-0.15, -0.1) is 0 Å². The van der Waals surface area contributed by atoms with Crippen LogP contribution in [-0.4, -0.2) is 80.3 Å². The van der Waals surface area contributed by atoms with E-state index in [9.17, 15) is 0 Å². The number of guanidine groups is 1. The van der Waals surface area contributed by atoms with Crippen molar-refractivity contribution in [2.75, 3.05) is 64.4 Å². The van der Waals surface area contributed by atoms with Crippen molar-refractivity contribution in [3.05, 3.63) is 59.8 Å². The molecule has 2 fully saturated rings. The van der Waals surface area contributed by atoms with Crippen LogP contribution in [0.15, 0.2) is 53.7 Å². The van der Waals surface area contributed by atoms with Gasteiger partial charge in [0.2, 0.25) is 0 Å². The van der Waals surface area contributed by atoms with Gasteiger partial charge in [0, 0.05) is 65.6 Å². The second-order valence-corrected chi connectivity index (χ2v) is 7.77. The molecule has 3 heterocycles. The first-order valence-corrected chi connectivity index (χ1v) is 10.8. The minimum absolute atomic E-state index is 0.782. The number of morpholine rings is 1. The average Bonchev–Trinajstić information content (AvgIpc) is 2.81.